The molecule has 0 atom stereocenters. The molecule has 0 saturated carbocycles. The standard InChI is InChI=1S/C28H16/c1-2-10-21-17(6-1)14-15-20-16-19-9-5-12-23-22-11-3-7-18-8-4-13-24(25(18)22)28(26(20)21)27(19)23/h1-16H. The van der Waals surface area contributed by atoms with Crippen molar-refractivity contribution in [3.63, 3.8) is 0 Å². The summed E-state index contributed by atoms with van der Waals surface area (Å²) in [5.74, 6) is 0. The van der Waals surface area contributed by atoms with E-state index < -0.39 is 0 Å². The van der Waals surface area contributed by atoms with Gasteiger partial charge in [-0.2, -0.15) is 0 Å². The Kier molecular flexibility index (Phi) is 2.57. The van der Waals surface area contributed by atoms with E-state index in [-0.39, 0.29) is 0 Å². The van der Waals surface area contributed by atoms with Crippen molar-refractivity contribution < 1.29 is 0 Å². The van der Waals surface area contributed by atoms with Crippen molar-refractivity contribution in [2.24, 2.45) is 0 Å². The van der Waals surface area contributed by atoms with Crippen LogP contribution in [0.2, 0.25) is 0 Å². The maximum atomic E-state index is 2.36. The highest BCUT2D eigenvalue weighted by molar-refractivity contribution is 6.40. The molecule has 0 heteroatoms. The first-order valence-electron chi connectivity index (χ1n) is 9.80. The van der Waals surface area contributed by atoms with E-state index in [4.69, 9.17) is 0 Å². The van der Waals surface area contributed by atoms with Crippen LogP contribution in [0.15, 0.2) is 97.1 Å². The third kappa shape index (κ3) is 1.66. The van der Waals surface area contributed by atoms with Crippen molar-refractivity contribution >= 4 is 64.6 Å². The van der Waals surface area contributed by atoms with Gasteiger partial charge in [0.15, 0.2) is 0 Å². The van der Waals surface area contributed by atoms with Crippen molar-refractivity contribution in [1.82, 2.24) is 0 Å². The molecule has 0 aliphatic rings. The van der Waals surface area contributed by atoms with Crippen LogP contribution < -0.4 is 0 Å². The molecule has 0 saturated heterocycles. The van der Waals surface area contributed by atoms with Gasteiger partial charge < -0.3 is 0 Å². The molecule has 0 nitrogen and oxygen atoms in total. The molecule has 0 aliphatic carbocycles. The highest BCUT2D eigenvalue weighted by Gasteiger charge is 2.16. The van der Waals surface area contributed by atoms with E-state index in [1.54, 1.807) is 0 Å². The number of rotatable bonds is 0. The minimum Gasteiger partial charge on any atom is -0.0616 e. The minimum absolute atomic E-state index is 1.30. The van der Waals surface area contributed by atoms with E-state index in [9.17, 15) is 0 Å². The maximum absolute atomic E-state index is 2.36. The lowest BCUT2D eigenvalue weighted by Gasteiger charge is -2.17. The van der Waals surface area contributed by atoms with Gasteiger partial charge in [0, 0.05) is 0 Å². The predicted molar refractivity (Wildman–Crippen MR) is 123 cm³/mol. The van der Waals surface area contributed by atoms with Gasteiger partial charge in [-0.25, -0.2) is 0 Å². The molecular weight excluding hydrogens is 336 g/mol. The number of hydrogen-bond donors (Lipinski definition) is 0. The normalized spacial score (nSPS) is 12.3. The summed E-state index contributed by atoms with van der Waals surface area (Å²) in [6.45, 7) is 0. The van der Waals surface area contributed by atoms with Crippen LogP contribution in [-0.4, -0.2) is 0 Å². The number of benzene rings is 7. The van der Waals surface area contributed by atoms with Crippen LogP contribution in [-0.2, 0) is 0 Å². The molecule has 0 N–H and O–H groups in total. The Bertz CT molecular complexity index is 1700. The van der Waals surface area contributed by atoms with E-state index in [0.717, 1.165) is 0 Å². The smallest absolute Gasteiger partial charge is 0.000786 e. The van der Waals surface area contributed by atoms with E-state index in [1.807, 2.05) is 0 Å². The first-order valence-corrected chi connectivity index (χ1v) is 9.80. The lowest BCUT2D eigenvalue weighted by Crippen LogP contribution is -1.89. The Morgan fingerprint density at radius 2 is 0.821 bits per heavy atom. The molecule has 0 bridgehead atoms. The van der Waals surface area contributed by atoms with Gasteiger partial charge in [-0.15, -0.1) is 0 Å². The molecule has 0 heterocycles. The van der Waals surface area contributed by atoms with E-state index >= 15 is 0 Å². The zero-order chi connectivity index (χ0) is 18.2. The molecule has 0 spiro atoms. The lowest BCUT2D eigenvalue weighted by atomic mass is 9.86. The summed E-state index contributed by atoms with van der Waals surface area (Å²) >= 11 is 0. The quantitative estimate of drug-likeness (QED) is 0.191. The molecule has 0 radical (unpaired) electrons. The van der Waals surface area contributed by atoms with Crippen LogP contribution in [0.4, 0.5) is 0 Å². The zero-order valence-electron chi connectivity index (χ0n) is 15.2. The monoisotopic (exact) mass is 352 g/mol. The molecular formula is C28H16. The Balaban J connectivity index is 1.98. The van der Waals surface area contributed by atoms with Gasteiger partial charge in [0.1, 0.15) is 0 Å². The Morgan fingerprint density at radius 1 is 0.286 bits per heavy atom. The van der Waals surface area contributed by atoms with Gasteiger partial charge in [0.25, 0.3) is 0 Å². The van der Waals surface area contributed by atoms with Gasteiger partial charge in [-0.1, -0.05) is 91.0 Å². The van der Waals surface area contributed by atoms with Crippen LogP contribution in [0.1, 0.15) is 0 Å². The second-order valence-electron chi connectivity index (χ2n) is 7.75. The van der Waals surface area contributed by atoms with Crippen LogP contribution in [0.5, 0.6) is 0 Å². The van der Waals surface area contributed by atoms with Gasteiger partial charge >= 0.3 is 0 Å². The fourth-order valence-corrected chi connectivity index (χ4v) is 5.22. The molecule has 7 aromatic carbocycles. The van der Waals surface area contributed by atoms with E-state index in [2.05, 4.69) is 97.1 Å². The van der Waals surface area contributed by atoms with Crippen molar-refractivity contribution in [2.75, 3.05) is 0 Å². The van der Waals surface area contributed by atoms with Crippen molar-refractivity contribution in [3.8, 4) is 0 Å². The molecule has 0 fully saturated rings. The Hall–Kier alpha value is -3.64. The summed E-state index contributed by atoms with van der Waals surface area (Å²) in [7, 11) is 0. The second kappa shape index (κ2) is 4.99. The predicted octanol–water partition coefficient (Wildman–Crippen LogP) is 8.04. The van der Waals surface area contributed by atoms with Crippen LogP contribution in [0.25, 0.3) is 64.6 Å². The lowest BCUT2D eigenvalue weighted by molar-refractivity contribution is 1.79. The maximum Gasteiger partial charge on any atom is -0.000786 e. The van der Waals surface area contributed by atoms with Crippen molar-refractivity contribution in [3.05, 3.63) is 97.1 Å². The highest BCUT2D eigenvalue weighted by Crippen LogP contribution is 2.44. The van der Waals surface area contributed by atoms with E-state index in [1.165, 1.54) is 64.6 Å². The van der Waals surface area contributed by atoms with Crippen LogP contribution in [0.3, 0.4) is 0 Å². The summed E-state index contributed by atoms with van der Waals surface area (Å²) in [5.41, 5.74) is 0. The van der Waals surface area contributed by atoms with Gasteiger partial charge in [0.2, 0.25) is 0 Å². The van der Waals surface area contributed by atoms with Gasteiger partial charge in [0.05, 0.1) is 0 Å². The number of fused-ring (bicyclic) bond motifs is 6. The molecule has 0 unspecified atom stereocenters. The van der Waals surface area contributed by atoms with Crippen LogP contribution >= 0.6 is 0 Å². The molecule has 0 amide bonds. The SMILES string of the molecule is c1ccc2c(c1)ccc1cc3cccc4c5cccc6cccc(c65)c(c12)c34. The summed E-state index contributed by atoms with van der Waals surface area (Å²) in [6, 6.07) is 35.8. The average molecular weight is 352 g/mol. The fraction of sp³-hybridized carbons (Fsp3) is 0. The molecule has 128 valence electrons. The van der Waals surface area contributed by atoms with E-state index in [0.29, 0.717) is 0 Å². The first kappa shape index (κ1) is 14.4. The molecule has 7 rings (SSSR count). The first-order chi connectivity index (χ1) is 13.9. The van der Waals surface area contributed by atoms with Gasteiger partial charge in [-0.05, 0) is 70.7 Å². The summed E-state index contributed by atoms with van der Waals surface area (Å²) < 4.78 is 0. The Morgan fingerprint density at radius 3 is 1.68 bits per heavy atom. The fourth-order valence-electron chi connectivity index (χ4n) is 5.22. The summed E-state index contributed by atoms with van der Waals surface area (Å²) in [5, 5.41) is 16.2. The third-order valence-corrected chi connectivity index (χ3v) is 6.33. The summed E-state index contributed by atoms with van der Waals surface area (Å²) in [6.07, 6.45) is 0. The Labute approximate surface area is 162 Å². The zero-order valence-corrected chi connectivity index (χ0v) is 15.2. The minimum atomic E-state index is 1.30. The van der Waals surface area contributed by atoms with Crippen LogP contribution in [0, 0.1) is 0 Å². The largest absolute Gasteiger partial charge is 0.0616 e. The topological polar surface area (TPSA) is 0 Å². The average Bonchev–Trinajstić information content (AvgIpc) is 2.76. The number of hydrogen-bond acceptors (Lipinski definition) is 0. The van der Waals surface area contributed by atoms with Crippen molar-refractivity contribution in [2.45, 2.75) is 0 Å². The third-order valence-electron chi connectivity index (χ3n) is 6.33. The second-order valence-corrected chi connectivity index (χ2v) is 7.75. The molecule has 28 heavy (non-hydrogen) atoms. The molecule has 0 aromatic heterocycles. The molecule has 0 aliphatic heterocycles. The molecule has 7 aromatic rings. The highest BCUT2D eigenvalue weighted by atomic mass is 14.2. The van der Waals surface area contributed by atoms with Crippen molar-refractivity contribution in [1.29, 1.82) is 0 Å². The van der Waals surface area contributed by atoms with Gasteiger partial charge in [-0.3, -0.25) is 0 Å². The summed E-state index contributed by atoms with van der Waals surface area (Å²) in [4.78, 5) is 0.